The van der Waals surface area contributed by atoms with Crippen molar-refractivity contribution in [3.63, 3.8) is 0 Å². The summed E-state index contributed by atoms with van der Waals surface area (Å²) in [6.45, 7) is 1.96. The van der Waals surface area contributed by atoms with Crippen LogP contribution in [0.5, 0.6) is 0 Å². The summed E-state index contributed by atoms with van der Waals surface area (Å²) < 4.78 is 13.8. The molecule has 3 nitrogen and oxygen atoms in total. The summed E-state index contributed by atoms with van der Waals surface area (Å²) in [7, 11) is 0. The van der Waals surface area contributed by atoms with E-state index < -0.39 is 5.97 Å². The molecule has 0 unspecified atom stereocenters. The van der Waals surface area contributed by atoms with Crippen LogP contribution in [-0.4, -0.2) is 16.1 Å². The molecule has 1 N–H and O–H groups in total. The average molecular weight is 327 g/mol. The predicted molar refractivity (Wildman–Crippen MR) is 88.5 cm³/mol. The summed E-state index contributed by atoms with van der Waals surface area (Å²) >= 11 is 1.09. The Morgan fingerprint density at radius 3 is 2.52 bits per heavy atom. The van der Waals surface area contributed by atoms with Crippen LogP contribution in [0, 0.1) is 12.7 Å². The van der Waals surface area contributed by atoms with Crippen molar-refractivity contribution in [2.75, 3.05) is 0 Å². The highest BCUT2D eigenvalue weighted by atomic mass is 32.1. The lowest BCUT2D eigenvalue weighted by molar-refractivity contribution is 0.0702. The maximum absolute atomic E-state index is 13.8. The zero-order valence-electron chi connectivity index (χ0n) is 12.4. The molecule has 0 amide bonds. The summed E-state index contributed by atoms with van der Waals surface area (Å²) in [5.74, 6) is -1.32. The SMILES string of the molecule is Cc1ccc(-c2nc(Cc3ccccc3F)sc2C(=O)O)cc1. The van der Waals surface area contributed by atoms with Crippen molar-refractivity contribution >= 4 is 17.3 Å². The molecule has 1 aromatic heterocycles. The number of hydrogen-bond donors (Lipinski definition) is 1. The Morgan fingerprint density at radius 1 is 1.17 bits per heavy atom. The standard InChI is InChI=1S/C18H14FNO2S/c1-11-6-8-12(9-7-11)16-17(18(21)22)23-15(20-16)10-13-4-2-3-5-14(13)19/h2-9H,10H2,1H3,(H,21,22). The van der Waals surface area contributed by atoms with Crippen LogP contribution in [0.2, 0.25) is 0 Å². The van der Waals surface area contributed by atoms with Crippen LogP contribution >= 0.6 is 11.3 Å². The van der Waals surface area contributed by atoms with Crippen LogP contribution in [0.1, 0.15) is 25.8 Å². The minimum Gasteiger partial charge on any atom is -0.477 e. The number of nitrogens with zero attached hydrogens (tertiary/aromatic N) is 1. The fraction of sp³-hybridized carbons (Fsp3) is 0.111. The molecule has 0 aliphatic rings. The van der Waals surface area contributed by atoms with E-state index in [1.165, 1.54) is 6.07 Å². The van der Waals surface area contributed by atoms with Crippen LogP contribution in [0.3, 0.4) is 0 Å². The third kappa shape index (κ3) is 3.29. The van der Waals surface area contributed by atoms with Crippen molar-refractivity contribution in [1.82, 2.24) is 4.98 Å². The van der Waals surface area contributed by atoms with E-state index in [2.05, 4.69) is 4.98 Å². The normalized spacial score (nSPS) is 10.7. The lowest BCUT2D eigenvalue weighted by atomic mass is 10.1. The molecule has 0 fully saturated rings. The van der Waals surface area contributed by atoms with Gasteiger partial charge in [-0.25, -0.2) is 14.2 Å². The van der Waals surface area contributed by atoms with E-state index in [9.17, 15) is 14.3 Å². The third-order valence-electron chi connectivity index (χ3n) is 3.49. The maximum Gasteiger partial charge on any atom is 0.348 e. The van der Waals surface area contributed by atoms with E-state index in [1.54, 1.807) is 18.2 Å². The number of aromatic carboxylic acids is 1. The number of thiazole rings is 1. The molecule has 1 heterocycles. The van der Waals surface area contributed by atoms with E-state index in [1.807, 2.05) is 31.2 Å². The van der Waals surface area contributed by atoms with Gasteiger partial charge in [0.05, 0.1) is 10.7 Å². The topological polar surface area (TPSA) is 50.2 Å². The summed E-state index contributed by atoms with van der Waals surface area (Å²) in [4.78, 5) is 16.1. The van der Waals surface area contributed by atoms with Crippen molar-refractivity contribution in [2.24, 2.45) is 0 Å². The summed E-state index contributed by atoms with van der Waals surface area (Å²) in [5, 5.41) is 10.00. The molecule has 3 rings (SSSR count). The molecule has 0 spiro atoms. The Hall–Kier alpha value is -2.53. The maximum atomic E-state index is 13.8. The van der Waals surface area contributed by atoms with Crippen LogP contribution in [0.4, 0.5) is 4.39 Å². The molecule has 116 valence electrons. The van der Waals surface area contributed by atoms with E-state index in [-0.39, 0.29) is 17.1 Å². The summed E-state index contributed by atoms with van der Waals surface area (Å²) in [6, 6.07) is 14.0. The minimum absolute atomic E-state index is 0.181. The van der Waals surface area contributed by atoms with Crippen molar-refractivity contribution in [3.8, 4) is 11.3 Å². The molecule has 5 heteroatoms. The molecule has 0 radical (unpaired) electrons. The van der Waals surface area contributed by atoms with Gasteiger partial charge in [0, 0.05) is 12.0 Å². The number of carbonyl (C=O) groups is 1. The van der Waals surface area contributed by atoms with Crippen molar-refractivity contribution in [2.45, 2.75) is 13.3 Å². The highest BCUT2D eigenvalue weighted by Crippen LogP contribution is 2.30. The molecular weight excluding hydrogens is 313 g/mol. The van der Waals surface area contributed by atoms with Gasteiger partial charge in [-0.3, -0.25) is 0 Å². The van der Waals surface area contributed by atoms with Crippen LogP contribution in [-0.2, 0) is 6.42 Å². The zero-order chi connectivity index (χ0) is 16.4. The Bertz CT molecular complexity index is 856. The van der Waals surface area contributed by atoms with Gasteiger partial charge in [-0.1, -0.05) is 48.0 Å². The van der Waals surface area contributed by atoms with E-state index in [4.69, 9.17) is 0 Å². The monoisotopic (exact) mass is 327 g/mol. The van der Waals surface area contributed by atoms with Gasteiger partial charge in [-0.2, -0.15) is 0 Å². The Kier molecular flexibility index (Phi) is 4.21. The van der Waals surface area contributed by atoms with Gasteiger partial charge < -0.3 is 5.11 Å². The quantitative estimate of drug-likeness (QED) is 0.765. The van der Waals surface area contributed by atoms with Gasteiger partial charge in [0.25, 0.3) is 0 Å². The summed E-state index contributed by atoms with van der Waals surface area (Å²) in [6.07, 6.45) is 0.281. The van der Waals surface area contributed by atoms with Crippen molar-refractivity contribution in [1.29, 1.82) is 0 Å². The zero-order valence-corrected chi connectivity index (χ0v) is 13.2. The van der Waals surface area contributed by atoms with Crippen LogP contribution < -0.4 is 0 Å². The first-order valence-corrected chi connectivity index (χ1v) is 7.89. The number of benzene rings is 2. The third-order valence-corrected chi connectivity index (χ3v) is 4.53. The van der Waals surface area contributed by atoms with E-state index in [0.717, 1.165) is 22.5 Å². The molecule has 0 saturated carbocycles. The van der Waals surface area contributed by atoms with Gasteiger partial charge >= 0.3 is 5.97 Å². The molecule has 0 aliphatic carbocycles. The number of hydrogen-bond acceptors (Lipinski definition) is 3. The Morgan fingerprint density at radius 2 is 1.87 bits per heavy atom. The Labute approximate surface area is 137 Å². The fourth-order valence-electron chi connectivity index (χ4n) is 2.30. The highest BCUT2D eigenvalue weighted by molar-refractivity contribution is 7.14. The van der Waals surface area contributed by atoms with Gasteiger partial charge in [-0.15, -0.1) is 11.3 Å². The first kappa shape index (κ1) is 15.4. The molecule has 0 saturated heterocycles. The van der Waals surface area contributed by atoms with Gasteiger partial charge in [0.2, 0.25) is 0 Å². The lowest BCUT2D eigenvalue weighted by Gasteiger charge is -2.00. The van der Waals surface area contributed by atoms with Gasteiger partial charge in [0.15, 0.2) is 0 Å². The van der Waals surface area contributed by atoms with Crippen molar-refractivity contribution < 1.29 is 14.3 Å². The van der Waals surface area contributed by atoms with E-state index >= 15 is 0 Å². The number of rotatable bonds is 4. The lowest BCUT2D eigenvalue weighted by Crippen LogP contribution is -1.95. The number of carboxylic acid groups (broad SMARTS) is 1. The second-order valence-electron chi connectivity index (χ2n) is 5.22. The minimum atomic E-state index is -1.02. The molecule has 0 bridgehead atoms. The van der Waals surface area contributed by atoms with Crippen LogP contribution in [0.15, 0.2) is 48.5 Å². The number of carboxylic acids is 1. The second-order valence-corrected chi connectivity index (χ2v) is 6.31. The van der Waals surface area contributed by atoms with E-state index in [0.29, 0.717) is 16.3 Å². The molecular formula is C18H14FNO2S. The predicted octanol–water partition coefficient (Wildman–Crippen LogP) is 4.55. The number of aryl methyl sites for hydroxylation is 1. The molecule has 0 atom stereocenters. The van der Waals surface area contributed by atoms with Crippen molar-refractivity contribution in [3.05, 3.63) is 75.4 Å². The van der Waals surface area contributed by atoms with Gasteiger partial charge in [0.1, 0.15) is 10.7 Å². The van der Waals surface area contributed by atoms with Crippen LogP contribution in [0.25, 0.3) is 11.3 Å². The first-order valence-electron chi connectivity index (χ1n) is 7.08. The fourth-order valence-corrected chi connectivity index (χ4v) is 3.24. The highest BCUT2D eigenvalue weighted by Gasteiger charge is 2.19. The smallest absolute Gasteiger partial charge is 0.348 e. The molecule has 3 aromatic rings. The molecule has 23 heavy (non-hydrogen) atoms. The molecule has 2 aromatic carbocycles. The Balaban J connectivity index is 2.01. The first-order chi connectivity index (χ1) is 11.0. The van der Waals surface area contributed by atoms with Gasteiger partial charge in [-0.05, 0) is 18.6 Å². The second kappa shape index (κ2) is 6.30. The summed E-state index contributed by atoms with van der Waals surface area (Å²) in [5.41, 5.74) is 2.79. The average Bonchev–Trinajstić information content (AvgIpc) is 2.94. The largest absolute Gasteiger partial charge is 0.477 e. The molecule has 0 aliphatic heterocycles. The number of halogens is 1. The number of aromatic nitrogens is 1.